The lowest BCUT2D eigenvalue weighted by molar-refractivity contribution is -0.138. The van der Waals surface area contributed by atoms with Gasteiger partial charge in [-0.25, -0.2) is 4.79 Å². The first-order valence-corrected chi connectivity index (χ1v) is 8.36. The maximum atomic E-state index is 13.6. The number of esters is 1. The number of rotatable bonds is 1. The molecule has 140 valence electrons. The van der Waals surface area contributed by atoms with Crippen LogP contribution in [0, 0.1) is 0 Å². The smallest absolute Gasteiger partial charge is 0.416 e. The van der Waals surface area contributed by atoms with Crippen molar-refractivity contribution in [2.24, 2.45) is 0 Å². The van der Waals surface area contributed by atoms with E-state index in [1.807, 2.05) is 0 Å². The van der Waals surface area contributed by atoms with Crippen LogP contribution in [0.4, 0.5) is 18.9 Å². The number of amides is 1. The van der Waals surface area contributed by atoms with Crippen LogP contribution in [-0.2, 0) is 27.7 Å². The predicted molar refractivity (Wildman–Crippen MR) is 92.4 cm³/mol. The van der Waals surface area contributed by atoms with Gasteiger partial charge in [-0.1, -0.05) is 18.2 Å². The molecule has 0 atom stereocenters. The van der Waals surface area contributed by atoms with Gasteiger partial charge in [-0.3, -0.25) is 4.79 Å². The number of benzene rings is 2. The third-order valence-corrected chi connectivity index (χ3v) is 5.37. The number of ether oxygens (including phenoxy) is 1. The zero-order valence-electron chi connectivity index (χ0n) is 14.9. The van der Waals surface area contributed by atoms with Crippen molar-refractivity contribution < 1.29 is 27.5 Å². The van der Waals surface area contributed by atoms with Crippen LogP contribution < -0.4 is 4.90 Å². The highest BCUT2D eigenvalue weighted by molar-refractivity contribution is 6.15. The molecule has 0 aliphatic carbocycles. The average molecular weight is 375 g/mol. The summed E-state index contributed by atoms with van der Waals surface area (Å²) in [5, 5.41) is 0. The number of alkyl halides is 3. The topological polar surface area (TPSA) is 46.6 Å². The van der Waals surface area contributed by atoms with Gasteiger partial charge in [0.05, 0.1) is 35.9 Å². The Labute approximate surface area is 153 Å². The molecule has 27 heavy (non-hydrogen) atoms. The van der Waals surface area contributed by atoms with E-state index in [-0.39, 0.29) is 23.6 Å². The van der Waals surface area contributed by atoms with E-state index in [2.05, 4.69) is 0 Å². The van der Waals surface area contributed by atoms with Crippen molar-refractivity contribution in [2.75, 3.05) is 12.0 Å². The van der Waals surface area contributed by atoms with Crippen LogP contribution in [0.15, 0.2) is 30.3 Å². The zero-order valence-corrected chi connectivity index (χ0v) is 14.9. The van der Waals surface area contributed by atoms with Gasteiger partial charge >= 0.3 is 12.1 Å². The van der Waals surface area contributed by atoms with Crippen LogP contribution in [0.3, 0.4) is 0 Å². The number of halogens is 3. The lowest BCUT2D eigenvalue weighted by Gasteiger charge is -2.31. The average Bonchev–Trinajstić information content (AvgIpc) is 2.81. The number of hydrogen-bond donors (Lipinski definition) is 0. The third kappa shape index (κ3) is 2.23. The highest BCUT2D eigenvalue weighted by Crippen LogP contribution is 2.53. The molecular formula is C20H16F3NO3. The van der Waals surface area contributed by atoms with E-state index in [1.54, 1.807) is 26.0 Å². The molecule has 7 heteroatoms. The number of carbonyl (C=O) groups is 2. The molecular weight excluding hydrogens is 359 g/mol. The van der Waals surface area contributed by atoms with Crippen LogP contribution in [0.1, 0.15) is 40.9 Å². The van der Waals surface area contributed by atoms with Crippen LogP contribution in [0.5, 0.6) is 0 Å². The highest BCUT2D eigenvalue weighted by Gasteiger charge is 2.49. The van der Waals surface area contributed by atoms with Crippen molar-refractivity contribution in [3.63, 3.8) is 0 Å². The number of fused-ring (bicyclic) bond motifs is 2. The first-order valence-electron chi connectivity index (χ1n) is 8.36. The van der Waals surface area contributed by atoms with Crippen LogP contribution in [0.2, 0.25) is 0 Å². The summed E-state index contributed by atoms with van der Waals surface area (Å²) >= 11 is 0. The largest absolute Gasteiger partial charge is 0.465 e. The molecule has 0 radical (unpaired) electrons. The molecule has 2 aromatic rings. The van der Waals surface area contributed by atoms with Crippen molar-refractivity contribution in [3.05, 3.63) is 52.6 Å². The minimum atomic E-state index is -4.57. The van der Waals surface area contributed by atoms with E-state index in [1.165, 1.54) is 24.1 Å². The van der Waals surface area contributed by atoms with E-state index >= 15 is 0 Å². The van der Waals surface area contributed by atoms with Gasteiger partial charge in [-0.05, 0) is 42.7 Å². The first-order chi connectivity index (χ1) is 12.6. The molecule has 0 unspecified atom stereocenters. The number of methoxy groups -OCH3 is 1. The monoisotopic (exact) mass is 375 g/mol. The molecule has 0 fully saturated rings. The second-order valence-corrected chi connectivity index (χ2v) is 7.22. The number of nitrogens with zero attached hydrogens (tertiary/aromatic N) is 1. The first kappa shape index (κ1) is 17.6. The fraction of sp³-hybridized carbons (Fsp3) is 0.300. The standard InChI is InChI=1S/C20H16F3NO3/c1-19(2)14-8-7-11(17(25)27-3)15-10-5-4-6-13(20(21,22)23)12(10)9-24(16(14)15)18(19)26/h4-8H,9H2,1-3H3. The second-order valence-electron chi connectivity index (χ2n) is 7.22. The molecule has 2 aliphatic heterocycles. The van der Waals surface area contributed by atoms with Gasteiger partial charge in [0.25, 0.3) is 0 Å². The minimum absolute atomic E-state index is 0.00847. The molecule has 0 saturated carbocycles. The maximum Gasteiger partial charge on any atom is 0.416 e. The predicted octanol–water partition coefficient (Wildman–Crippen LogP) is 4.30. The van der Waals surface area contributed by atoms with E-state index in [0.717, 1.165) is 6.07 Å². The van der Waals surface area contributed by atoms with Gasteiger partial charge in [0, 0.05) is 5.56 Å². The van der Waals surface area contributed by atoms with E-state index < -0.39 is 23.1 Å². The van der Waals surface area contributed by atoms with Gasteiger partial charge in [-0.2, -0.15) is 13.2 Å². The summed E-state index contributed by atoms with van der Waals surface area (Å²) < 4.78 is 45.6. The Balaban J connectivity index is 2.12. The Morgan fingerprint density at radius 2 is 1.89 bits per heavy atom. The molecule has 0 N–H and O–H groups in total. The highest BCUT2D eigenvalue weighted by atomic mass is 19.4. The number of hydrogen-bond acceptors (Lipinski definition) is 3. The molecule has 0 bridgehead atoms. The van der Waals surface area contributed by atoms with E-state index in [4.69, 9.17) is 4.74 Å². The number of anilines is 1. The number of carbonyl (C=O) groups excluding carboxylic acids is 2. The van der Waals surface area contributed by atoms with Crippen molar-refractivity contribution in [2.45, 2.75) is 32.0 Å². The molecule has 4 rings (SSSR count). The summed E-state index contributed by atoms with van der Waals surface area (Å²) in [6, 6.07) is 7.08. The zero-order chi connectivity index (χ0) is 19.7. The lowest BCUT2D eigenvalue weighted by atomic mass is 9.82. The fourth-order valence-electron chi connectivity index (χ4n) is 4.05. The van der Waals surface area contributed by atoms with Gasteiger partial charge in [0.2, 0.25) is 5.91 Å². The summed E-state index contributed by atoms with van der Waals surface area (Å²) in [5.41, 5.74) is 0.272. The summed E-state index contributed by atoms with van der Waals surface area (Å²) in [7, 11) is 1.21. The van der Waals surface area contributed by atoms with Crippen LogP contribution in [-0.4, -0.2) is 19.0 Å². The Morgan fingerprint density at radius 3 is 2.52 bits per heavy atom. The van der Waals surface area contributed by atoms with E-state index in [9.17, 15) is 22.8 Å². The summed E-state index contributed by atoms with van der Waals surface area (Å²) in [6.45, 7) is 3.28. The summed E-state index contributed by atoms with van der Waals surface area (Å²) in [5.74, 6) is -0.946. The molecule has 4 nitrogen and oxygen atoms in total. The van der Waals surface area contributed by atoms with E-state index in [0.29, 0.717) is 22.4 Å². The second kappa shape index (κ2) is 5.34. The van der Waals surface area contributed by atoms with Crippen LogP contribution >= 0.6 is 0 Å². The molecule has 0 spiro atoms. The SMILES string of the molecule is COC(=O)c1ccc2c3c1-c1cccc(C(F)(F)F)c1CN3C(=O)C2(C)C. The van der Waals surface area contributed by atoms with Crippen molar-refractivity contribution in [1.29, 1.82) is 0 Å². The molecule has 0 aromatic heterocycles. The summed E-state index contributed by atoms with van der Waals surface area (Å²) in [6.07, 6.45) is -4.57. The molecule has 1 amide bonds. The minimum Gasteiger partial charge on any atom is -0.465 e. The Bertz CT molecular complexity index is 1010. The molecule has 2 aliphatic rings. The van der Waals surface area contributed by atoms with Crippen molar-refractivity contribution in [3.8, 4) is 11.1 Å². The Kier molecular flexibility index (Phi) is 3.48. The maximum absolute atomic E-state index is 13.6. The van der Waals surface area contributed by atoms with Crippen molar-refractivity contribution >= 4 is 17.6 Å². The quantitative estimate of drug-likeness (QED) is 0.699. The fourth-order valence-corrected chi connectivity index (χ4v) is 4.05. The van der Waals surface area contributed by atoms with Crippen LogP contribution in [0.25, 0.3) is 11.1 Å². The van der Waals surface area contributed by atoms with Gasteiger partial charge in [-0.15, -0.1) is 0 Å². The molecule has 2 heterocycles. The summed E-state index contributed by atoms with van der Waals surface area (Å²) in [4.78, 5) is 26.6. The Morgan fingerprint density at radius 1 is 1.19 bits per heavy atom. The van der Waals surface area contributed by atoms with Gasteiger partial charge in [0.1, 0.15) is 0 Å². The van der Waals surface area contributed by atoms with Gasteiger partial charge < -0.3 is 9.64 Å². The van der Waals surface area contributed by atoms with Gasteiger partial charge in [0.15, 0.2) is 0 Å². The normalized spacial score (nSPS) is 16.8. The third-order valence-electron chi connectivity index (χ3n) is 5.37. The molecule has 0 saturated heterocycles. The Hall–Kier alpha value is -2.83. The van der Waals surface area contributed by atoms with Crippen molar-refractivity contribution in [1.82, 2.24) is 0 Å². The molecule has 2 aromatic carbocycles. The lowest BCUT2D eigenvalue weighted by Crippen LogP contribution is -2.37.